The van der Waals surface area contributed by atoms with Gasteiger partial charge < -0.3 is 26.0 Å². The van der Waals surface area contributed by atoms with Crippen LogP contribution in [0.15, 0.2) is 47.9 Å². The quantitative estimate of drug-likeness (QED) is 0.711. The lowest BCUT2D eigenvalue weighted by molar-refractivity contribution is -0.130. The molecule has 0 radical (unpaired) electrons. The number of amides is 2. The van der Waals surface area contributed by atoms with Gasteiger partial charge >= 0.3 is 6.09 Å². The summed E-state index contributed by atoms with van der Waals surface area (Å²) >= 11 is 0. The summed E-state index contributed by atoms with van der Waals surface area (Å²) in [6.07, 6.45) is 13.4. The Morgan fingerprint density at radius 1 is 1.17 bits per heavy atom. The van der Waals surface area contributed by atoms with Gasteiger partial charge in [-0.15, -0.1) is 0 Å². The molecule has 7 heteroatoms. The third-order valence-electron chi connectivity index (χ3n) is 4.69. The van der Waals surface area contributed by atoms with Crippen molar-refractivity contribution in [3.8, 4) is 0 Å². The highest BCUT2D eigenvalue weighted by Gasteiger charge is 2.26. The van der Waals surface area contributed by atoms with E-state index in [1.807, 2.05) is 62.1 Å². The first-order valence-corrected chi connectivity index (χ1v) is 10.1. The van der Waals surface area contributed by atoms with Crippen molar-refractivity contribution in [2.45, 2.75) is 64.1 Å². The largest absolute Gasteiger partial charge is 0.444 e. The molecule has 0 aromatic carbocycles. The number of carbonyl (C=O) groups excluding carboxylic acids is 2. The Kier molecular flexibility index (Phi) is 7.67. The first-order chi connectivity index (χ1) is 13.6. The molecule has 0 saturated carbocycles. The summed E-state index contributed by atoms with van der Waals surface area (Å²) in [4.78, 5) is 28.5. The minimum Gasteiger partial charge on any atom is -0.444 e. The molecule has 0 aromatic heterocycles. The highest BCUT2D eigenvalue weighted by atomic mass is 16.6. The zero-order valence-corrected chi connectivity index (χ0v) is 17.9. The second-order valence-corrected chi connectivity index (χ2v) is 8.52. The van der Waals surface area contributed by atoms with Gasteiger partial charge in [-0.05, 0) is 52.2 Å². The molecule has 0 bridgehead atoms. The number of hydrogen-bond acceptors (Lipinski definition) is 5. The van der Waals surface area contributed by atoms with E-state index in [1.54, 1.807) is 7.05 Å². The van der Waals surface area contributed by atoms with Crippen molar-refractivity contribution in [3.05, 3.63) is 47.9 Å². The molecule has 2 unspecified atom stereocenters. The molecule has 2 atom stereocenters. The number of allylic oxidation sites excluding steroid dienone is 2. The highest BCUT2D eigenvalue weighted by Crippen LogP contribution is 2.24. The molecule has 7 nitrogen and oxygen atoms in total. The van der Waals surface area contributed by atoms with E-state index in [0.29, 0.717) is 37.9 Å². The van der Waals surface area contributed by atoms with Gasteiger partial charge in [0.25, 0.3) is 0 Å². The molecule has 2 rings (SSSR count). The molecule has 0 heterocycles. The summed E-state index contributed by atoms with van der Waals surface area (Å²) in [6.45, 7) is 5.94. The minimum absolute atomic E-state index is 0.0116. The van der Waals surface area contributed by atoms with E-state index in [9.17, 15) is 9.59 Å². The van der Waals surface area contributed by atoms with Crippen LogP contribution in [0.25, 0.3) is 0 Å². The van der Waals surface area contributed by atoms with Crippen LogP contribution in [0, 0.1) is 0 Å². The average Bonchev–Trinajstić information content (AvgIpc) is 2.63. The van der Waals surface area contributed by atoms with Crippen LogP contribution in [0.1, 0.15) is 46.5 Å². The van der Waals surface area contributed by atoms with Crippen molar-refractivity contribution in [2.24, 2.45) is 11.5 Å². The molecule has 0 aromatic rings. The smallest absolute Gasteiger partial charge is 0.410 e. The molecular formula is C22H34N4O3. The number of carbonyl (C=O) groups is 2. The molecule has 2 aliphatic carbocycles. The van der Waals surface area contributed by atoms with Crippen LogP contribution in [-0.2, 0) is 9.53 Å². The zero-order valence-electron chi connectivity index (χ0n) is 17.9. The third kappa shape index (κ3) is 7.09. The van der Waals surface area contributed by atoms with E-state index < -0.39 is 5.60 Å². The standard InChI is InChI=1S/C22H34N4O3/c1-22(2,3)29-21(28)25(4)15-5-6-20(27)26(18-11-7-16(23)8-12-18)19-13-9-17(24)10-14-19/h7-9,11,13-14,17-18H,5-6,10,12,15,23-24H2,1-4H3. The fourth-order valence-electron chi connectivity index (χ4n) is 3.16. The lowest BCUT2D eigenvalue weighted by atomic mass is 10.0. The Balaban J connectivity index is 1.98. The van der Waals surface area contributed by atoms with Gasteiger partial charge in [-0.25, -0.2) is 4.79 Å². The van der Waals surface area contributed by atoms with Crippen molar-refractivity contribution >= 4 is 12.0 Å². The zero-order chi connectivity index (χ0) is 21.6. The first kappa shape index (κ1) is 22.7. The van der Waals surface area contributed by atoms with Gasteiger partial charge in [0.2, 0.25) is 5.91 Å². The van der Waals surface area contributed by atoms with Gasteiger partial charge in [-0.2, -0.15) is 0 Å². The maximum Gasteiger partial charge on any atom is 0.410 e. The van der Waals surface area contributed by atoms with E-state index in [-0.39, 0.29) is 24.1 Å². The topological polar surface area (TPSA) is 102 Å². The number of nitrogens with two attached hydrogens (primary N) is 2. The molecule has 0 spiro atoms. The molecule has 0 fully saturated rings. The van der Waals surface area contributed by atoms with E-state index in [4.69, 9.17) is 16.2 Å². The SMILES string of the molecule is CN(CCCC(=O)N(C1=CCC(N)C=C1)C1C=CC(N)=CC1)C(=O)OC(C)(C)C. The van der Waals surface area contributed by atoms with Crippen LogP contribution < -0.4 is 11.5 Å². The monoisotopic (exact) mass is 402 g/mol. The van der Waals surface area contributed by atoms with Gasteiger partial charge in [0.05, 0.1) is 6.04 Å². The maximum absolute atomic E-state index is 13.1. The van der Waals surface area contributed by atoms with E-state index in [1.165, 1.54) is 4.90 Å². The van der Waals surface area contributed by atoms with Crippen molar-refractivity contribution in [2.75, 3.05) is 13.6 Å². The lowest BCUT2D eigenvalue weighted by Gasteiger charge is -2.33. The molecular weight excluding hydrogens is 368 g/mol. The summed E-state index contributed by atoms with van der Waals surface area (Å²) in [5, 5.41) is 0. The van der Waals surface area contributed by atoms with Crippen LogP contribution in [0.2, 0.25) is 0 Å². The molecule has 2 aliphatic rings. The molecule has 160 valence electrons. The Hall–Kier alpha value is -2.54. The van der Waals surface area contributed by atoms with Crippen LogP contribution >= 0.6 is 0 Å². The number of rotatable bonds is 6. The minimum atomic E-state index is -0.540. The fraction of sp³-hybridized carbons (Fsp3) is 0.545. The number of ether oxygens (including phenoxy) is 1. The van der Waals surface area contributed by atoms with Gasteiger partial charge in [-0.3, -0.25) is 4.79 Å². The third-order valence-corrected chi connectivity index (χ3v) is 4.69. The van der Waals surface area contributed by atoms with E-state index in [0.717, 1.165) is 5.70 Å². The van der Waals surface area contributed by atoms with Gasteiger partial charge in [0.1, 0.15) is 5.60 Å². The molecule has 0 saturated heterocycles. The lowest BCUT2D eigenvalue weighted by Crippen LogP contribution is -2.40. The van der Waals surface area contributed by atoms with Gasteiger partial charge in [-0.1, -0.05) is 24.3 Å². The van der Waals surface area contributed by atoms with Crippen LogP contribution in [0.5, 0.6) is 0 Å². The second kappa shape index (κ2) is 9.78. The summed E-state index contributed by atoms with van der Waals surface area (Å²) in [5.74, 6) is 0.0116. The molecule has 0 aliphatic heterocycles. The number of hydrogen-bond donors (Lipinski definition) is 2. The predicted molar refractivity (Wildman–Crippen MR) is 115 cm³/mol. The Bertz CT molecular complexity index is 731. The predicted octanol–water partition coefficient (Wildman–Crippen LogP) is 2.80. The first-order valence-electron chi connectivity index (χ1n) is 10.1. The van der Waals surface area contributed by atoms with Crippen LogP contribution in [-0.4, -0.2) is 53.1 Å². The Morgan fingerprint density at radius 2 is 1.90 bits per heavy atom. The van der Waals surface area contributed by atoms with Crippen molar-refractivity contribution in [1.82, 2.24) is 9.80 Å². The normalized spacial score (nSPS) is 21.3. The summed E-state index contributed by atoms with van der Waals surface area (Å²) < 4.78 is 5.35. The number of nitrogens with zero attached hydrogens (tertiary/aromatic N) is 2. The fourth-order valence-corrected chi connectivity index (χ4v) is 3.16. The summed E-state index contributed by atoms with van der Waals surface area (Å²) in [6, 6.07) is -0.0979. The van der Waals surface area contributed by atoms with E-state index >= 15 is 0 Å². The average molecular weight is 403 g/mol. The van der Waals surface area contributed by atoms with Gasteiger partial charge in [0, 0.05) is 37.4 Å². The Morgan fingerprint density at radius 3 is 2.45 bits per heavy atom. The summed E-state index contributed by atoms with van der Waals surface area (Å²) in [7, 11) is 1.68. The van der Waals surface area contributed by atoms with Crippen molar-refractivity contribution < 1.29 is 14.3 Å². The maximum atomic E-state index is 13.1. The van der Waals surface area contributed by atoms with Gasteiger partial charge in [0.15, 0.2) is 0 Å². The molecule has 29 heavy (non-hydrogen) atoms. The molecule has 2 amide bonds. The Labute approximate surface area is 173 Å². The van der Waals surface area contributed by atoms with Crippen LogP contribution in [0.3, 0.4) is 0 Å². The summed E-state index contributed by atoms with van der Waals surface area (Å²) in [5.41, 5.74) is 12.8. The van der Waals surface area contributed by atoms with Crippen LogP contribution in [0.4, 0.5) is 4.79 Å². The van der Waals surface area contributed by atoms with Crippen molar-refractivity contribution in [1.29, 1.82) is 0 Å². The van der Waals surface area contributed by atoms with Crippen molar-refractivity contribution in [3.63, 3.8) is 0 Å². The highest BCUT2D eigenvalue weighted by molar-refractivity contribution is 5.79. The molecule has 4 N–H and O–H groups in total. The van der Waals surface area contributed by atoms with E-state index in [2.05, 4.69) is 0 Å². The second-order valence-electron chi connectivity index (χ2n) is 8.52.